The minimum Gasteiger partial charge on any atom is -0.404 e. The second kappa shape index (κ2) is 9.07. The first-order valence-corrected chi connectivity index (χ1v) is 9.23. The standard InChI is InChI=1S/C15H21F3N2O3S.ClH/c1-2-19-11-12-7-9-20(10-8-12)24(21,22)14-6-4-3-5-13(14)23-15(16,17)18;/h3-6,12,19H,2,7-11H2,1H3;1H. The highest BCUT2D eigenvalue weighted by molar-refractivity contribution is 7.89. The van der Waals surface area contributed by atoms with Crippen molar-refractivity contribution in [2.45, 2.75) is 31.0 Å². The van der Waals surface area contributed by atoms with Gasteiger partial charge in [0.15, 0.2) is 0 Å². The van der Waals surface area contributed by atoms with Crippen LogP contribution in [0.4, 0.5) is 13.2 Å². The van der Waals surface area contributed by atoms with Gasteiger partial charge in [0.2, 0.25) is 10.0 Å². The Hall–Kier alpha value is -1.03. The third kappa shape index (κ3) is 6.02. The Morgan fingerprint density at radius 2 is 1.84 bits per heavy atom. The molecule has 1 aromatic rings. The summed E-state index contributed by atoms with van der Waals surface area (Å²) in [5.41, 5.74) is 0. The Labute approximate surface area is 152 Å². The molecule has 0 bridgehead atoms. The van der Waals surface area contributed by atoms with Crippen molar-refractivity contribution in [3.05, 3.63) is 24.3 Å². The molecule has 0 spiro atoms. The van der Waals surface area contributed by atoms with Crippen molar-refractivity contribution in [2.24, 2.45) is 5.92 Å². The predicted octanol–water partition coefficient (Wildman–Crippen LogP) is 3.02. The average molecular weight is 403 g/mol. The van der Waals surface area contributed by atoms with Gasteiger partial charge in [-0.25, -0.2) is 8.42 Å². The van der Waals surface area contributed by atoms with Crippen LogP contribution in [0.2, 0.25) is 0 Å². The van der Waals surface area contributed by atoms with Crippen molar-refractivity contribution in [1.82, 2.24) is 9.62 Å². The molecular formula is C15H22ClF3N2O3S. The Balaban J connectivity index is 0.00000312. The molecule has 0 amide bonds. The Morgan fingerprint density at radius 1 is 1.24 bits per heavy atom. The van der Waals surface area contributed by atoms with Crippen LogP contribution in [0.5, 0.6) is 5.75 Å². The molecule has 1 saturated heterocycles. The molecule has 1 fully saturated rings. The first-order valence-electron chi connectivity index (χ1n) is 7.79. The molecule has 2 rings (SSSR count). The number of sulfonamides is 1. The van der Waals surface area contributed by atoms with Crippen LogP contribution in [0.15, 0.2) is 29.2 Å². The maximum Gasteiger partial charge on any atom is 0.573 e. The number of benzene rings is 1. The van der Waals surface area contributed by atoms with Gasteiger partial charge in [-0.3, -0.25) is 0 Å². The summed E-state index contributed by atoms with van der Waals surface area (Å²) in [6.45, 7) is 4.24. The van der Waals surface area contributed by atoms with E-state index in [0.29, 0.717) is 31.8 Å². The molecule has 0 radical (unpaired) electrons. The second-order valence-corrected chi connectivity index (χ2v) is 7.56. The van der Waals surface area contributed by atoms with Gasteiger partial charge in [0.1, 0.15) is 10.6 Å². The van der Waals surface area contributed by atoms with Gasteiger partial charge >= 0.3 is 6.36 Å². The van der Waals surface area contributed by atoms with Crippen LogP contribution in [0.25, 0.3) is 0 Å². The lowest BCUT2D eigenvalue weighted by Crippen LogP contribution is -2.41. The van der Waals surface area contributed by atoms with Crippen LogP contribution in [-0.4, -0.2) is 45.3 Å². The van der Waals surface area contributed by atoms with Crippen LogP contribution in [0.3, 0.4) is 0 Å². The lowest BCUT2D eigenvalue weighted by molar-refractivity contribution is -0.275. The molecule has 25 heavy (non-hydrogen) atoms. The molecule has 1 heterocycles. The van der Waals surface area contributed by atoms with E-state index in [4.69, 9.17) is 0 Å². The highest BCUT2D eigenvalue weighted by atomic mass is 35.5. The zero-order chi connectivity index (χ0) is 17.8. The molecular weight excluding hydrogens is 381 g/mol. The number of halogens is 4. The number of hydrogen-bond donors (Lipinski definition) is 1. The Morgan fingerprint density at radius 3 is 2.40 bits per heavy atom. The quantitative estimate of drug-likeness (QED) is 0.794. The van der Waals surface area contributed by atoms with Crippen molar-refractivity contribution in [2.75, 3.05) is 26.2 Å². The fraction of sp³-hybridized carbons (Fsp3) is 0.600. The monoisotopic (exact) mass is 402 g/mol. The highest BCUT2D eigenvalue weighted by Crippen LogP contribution is 2.32. The van der Waals surface area contributed by atoms with Crippen molar-refractivity contribution in [1.29, 1.82) is 0 Å². The second-order valence-electron chi connectivity index (χ2n) is 5.65. The number of nitrogens with zero attached hydrogens (tertiary/aromatic N) is 1. The molecule has 0 atom stereocenters. The van der Waals surface area contributed by atoms with Crippen LogP contribution in [-0.2, 0) is 10.0 Å². The molecule has 144 valence electrons. The summed E-state index contributed by atoms with van der Waals surface area (Å²) in [6, 6.07) is 4.84. The van der Waals surface area contributed by atoms with E-state index in [1.54, 1.807) is 0 Å². The lowest BCUT2D eigenvalue weighted by atomic mass is 9.98. The van der Waals surface area contributed by atoms with E-state index in [-0.39, 0.29) is 12.4 Å². The minimum atomic E-state index is -4.94. The summed E-state index contributed by atoms with van der Waals surface area (Å²) in [5.74, 6) is -0.321. The maximum absolute atomic E-state index is 12.7. The largest absolute Gasteiger partial charge is 0.573 e. The normalized spacial score (nSPS) is 17.1. The first kappa shape index (κ1) is 22.0. The molecule has 10 heteroatoms. The fourth-order valence-corrected chi connectivity index (χ4v) is 4.30. The zero-order valence-corrected chi connectivity index (χ0v) is 15.4. The van der Waals surface area contributed by atoms with Crippen molar-refractivity contribution < 1.29 is 26.3 Å². The fourth-order valence-electron chi connectivity index (χ4n) is 2.71. The Kier molecular flexibility index (Phi) is 7.98. The number of alkyl halides is 3. The molecule has 5 nitrogen and oxygen atoms in total. The summed E-state index contributed by atoms with van der Waals surface area (Å²) in [7, 11) is -4.02. The number of nitrogens with one attached hydrogen (secondary N) is 1. The molecule has 1 aliphatic heterocycles. The topological polar surface area (TPSA) is 58.6 Å². The van der Waals surface area contributed by atoms with Crippen molar-refractivity contribution in [3.63, 3.8) is 0 Å². The first-order chi connectivity index (χ1) is 11.2. The zero-order valence-electron chi connectivity index (χ0n) is 13.8. The summed E-state index contributed by atoms with van der Waals surface area (Å²) in [5, 5.41) is 3.23. The van der Waals surface area contributed by atoms with Gasteiger partial charge in [-0.15, -0.1) is 25.6 Å². The van der Waals surface area contributed by atoms with Gasteiger partial charge in [-0.1, -0.05) is 19.1 Å². The van der Waals surface area contributed by atoms with E-state index in [9.17, 15) is 21.6 Å². The number of ether oxygens (including phenoxy) is 1. The van der Waals surface area contributed by atoms with Crippen LogP contribution >= 0.6 is 12.4 Å². The predicted molar refractivity (Wildman–Crippen MR) is 90.4 cm³/mol. The van der Waals surface area contributed by atoms with Crippen LogP contribution in [0.1, 0.15) is 19.8 Å². The molecule has 1 aliphatic rings. The summed E-state index contributed by atoms with van der Waals surface area (Å²) in [4.78, 5) is -0.451. The maximum atomic E-state index is 12.7. The highest BCUT2D eigenvalue weighted by Gasteiger charge is 2.36. The van der Waals surface area contributed by atoms with Gasteiger partial charge in [0.05, 0.1) is 0 Å². The van der Waals surface area contributed by atoms with E-state index < -0.39 is 27.0 Å². The van der Waals surface area contributed by atoms with Crippen molar-refractivity contribution in [3.8, 4) is 5.75 Å². The van der Waals surface area contributed by atoms with Crippen LogP contribution in [0, 0.1) is 5.92 Å². The van der Waals surface area contributed by atoms with Gasteiger partial charge < -0.3 is 10.1 Å². The SMILES string of the molecule is CCNCC1CCN(S(=O)(=O)c2ccccc2OC(F)(F)F)CC1.Cl. The number of piperidine rings is 1. The van der Waals surface area contributed by atoms with Crippen LogP contribution < -0.4 is 10.1 Å². The summed E-state index contributed by atoms with van der Waals surface area (Å²) >= 11 is 0. The van der Waals surface area contributed by atoms with E-state index in [2.05, 4.69) is 10.1 Å². The lowest BCUT2D eigenvalue weighted by Gasteiger charge is -2.31. The van der Waals surface area contributed by atoms with Gasteiger partial charge in [-0.05, 0) is 44.0 Å². The van der Waals surface area contributed by atoms with Gasteiger partial charge in [0, 0.05) is 13.1 Å². The third-order valence-electron chi connectivity index (χ3n) is 3.95. The van der Waals surface area contributed by atoms with E-state index in [0.717, 1.165) is 25.2 Å². The number of para-hydroxylation sites is 1. The van der Waals surface area contributed by atoms with E-state index in [1.807, 2.05) is 6.92 Å². The van der Waals surface area contributed by atoms with E-state index in [1.165, 1.54) is 16.4 Å². The summed E-state index contributed by atoms with van der Waals surface area (Å²) in [6.07, 6.45) is -3.59. The minimum absolute atomic E-state index is 0. The van der Waals surface area contributed by atoms with Gasteiger partial charge in [0.25, 0.3) is 0 Å². The van der Waals surface area contributed by atoms with Crippen molar-refractivity contribution >= 4 is 22.4 Å². The average Bonchev–Trinajstić information content (AvgIpc) is 2.52. The van der Waals surface area contributed by atoms with E-state index >= 15 is 0 Å². The molecule has 0 aromatic heterocycles. The smallest absolute Gasteiger partial charge is 0.404 e. The Bertz CT molecular complexity index is 648. The molecule has 0 saturated carbocycles. The third-order valence-corrected chi connectivity index (χ3v) is 5.89. The number of hydrogen-bond acceptors (Lipinski definition) is 4. The number of rotatable bonds is 6. The van der Waals surface area contributed by atoms with Gasteiger partial charge in [-0.2, -0.15) is 4.31 Å². The molecule has 0 aliphatic carbocycles. The molecule has 0 unspecified atom stereocenters. The molecule has 1 N–H and O–H groups in total. The summed E-state index contributed by atoms with van der Waals surface area (Å²) < 4.78 is 67.9. The molecule has 1 aromatic carbocycles.